The van der Waals surface area contributed by atoms with Crippen molar-refractivity contribution in [2.75, 3.05) is 7.11 Å². The van der Waals surface area contributed by atoms with Crippen LogP contribution in [0.2, 0.25) is 5.02 Å². The summed E-state index contributed by atoms with van der Waals surface area (Å²) >= 11 is 6.24. The second-order valence-electron chi connectivity index (χ2n) is 7.42. The number of carbonyl (C=O) groups is 1. The van der Waals surface area contributed by atoms with Crippen LogP contribution in [0, 0.1) is 5.82 Å². The molecule has 0 spiro atoms. The quantitative estimate of drug-likeness (QED) is 0.371. The molecule has 5 nitrogen and oxygen atoms in total. The minimum Gasteiger partial charge on any atom is -0.497 e. The van der Waals surface area contributed by atoms with Crippen LogP contribution in [0.25, 0.3) is 10.9 Å². The summed E-state index contributed by atoms with van der Waals surface area (Å²) in [7, 11) is 1.57. The predicted octanol–water partition coefficient (Wildman–Crippen LogP) is 5.48. The number of hydrogen-bond donors (Lipinski definition) is 2. The molecule has 4 rings (SSSR count). The van der Waals surface area contributed by atoms with Gasteiger partial charge in [-0.25, -0.2) is 9.18 Å². The zero-order valence-corrected chi connectivity index (χ0v) is 18.2. The Morgan fingerprint density at radius 3 is 2.53 bits per heavy atom. The Labute approximate surface area is 190 Å². The molecule has 1 aromatic heterocycles. The Hall–Kier alpha value is -3.35. The number of fused-ring (bicyclic) bond motifs is 1. The van der Waals surface area contributed by atoms with Crippen LogP contribution in [-0.2, 0) is 19.6 Å². The third-order valence-corrected chi connectivity index (χ3v) is 5.78. The van der Waals surface area contributed by atoms with Crippen LogP contribution in [0.1, 0.15) is 27.2 Å². The first-order valence-corrected chi connectivity index (χ1v) is 10.5. The van der Waals surface area contributed by atoms with Crippen LogP contribution in [0.4, 0.5) is 4.39 Å². The van der Waals surface area contributed by atoms with E-state index in [9.17, 15) is 14.3 Å². The Morgan fingerprint density at radius 2 is 1.84 bits per heavy atom. The van der Waals surface area contributed by atoms with Gasteiger partial charge in [0.25, 0.3) is 0 Å². The van der Waals surface area contributed by atoms with Crippen molar-refractivity contribution in [3.8, 4) is 5.75 Å². The van der Waals surface area contributed by atoms with Gasteiger partial charge in [-0.05, 0) is 41.5 Å². The van der Waals surface area contributed by atoms with E-state index in [0.29, 0.717) is 29.4 Å². The highest BCUT2D eigenvalue weighted by Gasteiger charge is 2.23. The van der Waals surface area contributed by atoms with Gasteiger partial charge in [0.15, 0.2) is 0 Å². The maximum absolute atomic E-state index is 13.4. The number of methoxy groups -OCH3 is 1. The van der Waals surface area contributed by atoms with Crippen LogP contribution in [0.5, 0.6) is 5.75 Å². The lowest BCUT2D eigenvalue weighted by molar-refractivity contribution is 0.0684. The number of aromatic carboxylic acids is 1. The van der Waals surface area contributed by atoms with Gasteiger partial charge < -0.3 is 19.7 Å². The Morgan fingerprint density at radius 1 is 1.09 bits per heavy atom. The van der Waals surface area contributed by atoms with Crippen molar-refractivity contribution in [2.24, 2.45) is 0 Å². The van der Waals surface area contributed by atoms with Crippen LogP contribution >= 0.6 is 11.6 Å². The van der Waals surface area contributed by atoms with Crippen molar-refractivity contribution < 1.29 is 19.0 Å². The van der Waals surface area contributed by atoms with Gasteiger partial charge in [0.05, 0.1) is 12.6 Å². The number of benzene rings is 3. The Bertz CT molecular complexity index is 1270. The summed E-state index contributed by atoms with van der Waals surface area (Å²) in [4.78, 5) is 12.3. The lowest BCUT2D eigenvalue weighted by Crippen LogP contribution is -2.17. The van der Waals surface area contributed by atoms with Gasteiger partial charge in [-0.1, -0.05) is 41.9 Å². The minimum atomic E-state index is -1.03. The van der Waals surface area contributed by atoms with Crippen LogP contribution in [0.15, 0.2) is 66.7 Å². The standard InChI is InChI=1S/C25H22ClFN2O3/c1-32-19-10-11-20-21(14-28-13-17-4-2-3-5-22(17)26)24(25(30)31)29(23(20)12-19)15-16-6-8-18(27)9-7-16/h2-12,28H,13-15H2,1H3,(H,30,31). The smallest absolute Gasteiger partial charge is 0.352 e. The fourth-order valence-corrected chi connectivity index (χ4v) is 4.05. The van der Waals surface area contributed by atoms with Crippen molar-refractivity contribution in [3.05, 3.63) is 100.0 Å². The van der Waals surface area contributed by atoms with Crippen LogP contribution < -0.4 is 10.1 Å². The van der Waals surface area contributed by atoms with Crippen molar-refractivity contribution in [3.63, 3.8) is 0 Å². The fraction of sp³-hybridized carbons (Fsp3) is 0.160. The number of carboxylic acids is 1. The molecule has 164 valence electrons. The molecule has 0 fully saturated rings. The average molecular weight is 453 g/mol. The second-order valence-corrected chi connectivity index (χ2v) is 7.83. The molecule has 2 N–H and O–H groups in total. The maximum Gasteiger partial charge on any atom is 0.352 e. The first-order valence-electron chi connectivity index (χ1n) is 10.1. The molecule has 0 saturated carbocycles. The van der Waals surface area contributed by atoms with E-state index < -0.39 is 5.97 Å². The normalized spacial score (nSPS) is 11.1. The lowest BCUT2D eigenvalue weighted by atomic mass is 10.1. The van der Waals surface area contributed by atoms with Gasteiger partial charge in [-0.3, -0.25) is 0 Å². The summed E-state index contributed by atoms with van der Waals surface area (Å²) < 4.78 is 20.5. The molecule has 0 bridgehead atoms. The third kappa shape index (κ3) is 4.47. The lowest BCUT2D eigenvalue weighted by Gasteiger charge is -2.11. The average Bonchev–Trinajstić information content (AvgIpc) is 3.09. The number of nitrogens with zero attached hydrogens (tertiary/aromatic N) is 1. The van der Waals surface area contributed by atoms with Gasteiger partial charge in [-0.15, -0.1) is 0 Å². The molecule has 1 heterocycles. The molecule has 0 unspecified atom stereocenters. The Kier molecular flexibility index (Phi) is 6.44. The van der Waals surface area contributed by atoms with Crippen LogP contribution in [-0.4, -0.2) is 22.8 Å². The molecule has 32 heavy (non-hydrogen) atoms. The Balaban J connectivity index is 1.75. The molecule has 4 aromatic rings. The van der Waals surface area contributed by atoms with E-state index in [0.717, 1.165) is 22.0 Å². The summed E-state index contributed by atoms with van der Waals surface area (Å²) in [5.74, 6) is -0.740. The summed E-state index contributed by atoms with van der Waals surface area (Å²) in [5.41, 5.74) is 3.32. The maximum atomic E-state index is 13.4. The monoisotopic (exact) mass is 452 g/mol. The summed E-state index contributed by atoms with van der Waals surface area (Å²) in [6.45, 7) is 1.13. The molecule has 0 atom stereocenters. The van der Waals surface area contributed by atoms with Gasteiger partial charge in [0.1, 0.15) is 17.3 Å². The van der Waals surface area contributed by atoms with Gasteiger partial charge >= 0.3 is 5.97 Å². The highest BCUT2D eigenvalue weighted by Crippen LogP contribution is 2.31. The molecule has 0 aliphatic rings. The number of hydrogen-bond acceptors (Lipinski definition) is 3. The first-order chi connectivity index (χ1) is 15.5. The van der Waals surface area contributed by atoms with E-state index in [4.69, 9.17) is 16.3 Å². The number of halogens is 2. The van der Waals surface area contributed by atoms with E-state index in [1.165, 1.54) is 12.1 Å². The zero-order valence-electron chi connectivity index (χ0n) is 17.4. The number of aromatic nitrogens is 1. The van der Waals surface area contributed by atoms with E-state index in [2.05, 4.69) is 5.32 Å². The van der Waals surface area contributed by atoms with Crippen molar-refractivity contribution in [1.82, 2.24) is 9.88 Å². The predicted molar refractivity (Wildman–Crippen MR) is 123 cm³/mol. The SMILES string of the molecule is COc1ccc2c(CNCc3ccccc3Cl)c(C(=O)O)n(Cc3ccc(F)cc3)c2c1. The topological polar surface area (TPSA) is 63.5 Å². The molecule has 0 aliphatic carbocycles. The third-order valence-electron chi connectivity index (χ3n) is 5.41. The van der Waals surface area contributed by atoms with Gasteiger partial charge in [0, 0.05) is 41.7 Å². The zero-order chi connectivity index (χ0) is 22.7. The fourth-order valence-electron chi connectivity index (χ4n) is 3.85. The number of carboxylic acid groups (broad SMARTS) is 1. The van der Waals surface area contributed by atoms with Crippen molar-refractivity contribution in [2.45, 2.75) is 19.6 Å². The minimum absolute atomic E-state index is 0.184. The number of rotatable bonds is 8. The summed E-state index contributed by atoms with van der Waals surface area (Å²) in [6, 6.07) is 19.1. The van der Waals surface area contributed by atoms with Crippen molar-refractivity contribution in [1.29, 1.82) is 0 Å². The largest absolute Gasteiger partial charge is 0.497 e. The van der Waals surface area contributed by atoms with Gasteiger partial charge in [-0.2, -0.15) is 0 Å². The van der Waals surface area contributed by atoms with E-state index in [1.54, 1.807) is 23.8 Å². The molecular formula is C25H22ClFN2O3. The summed E-state index contributed by atoms with van der Waals surface area (Å²) in [5, 5.41) is 14.9. The molecule has 0 aliphatic heterocycles. The highest BCUT2D eigenvalue weighted by molar-refractivity contribution is 6.31. The second kappa shape index (κ2) is 9.42. The molecule has 0 amide bonds. The first kappa shape index (κ1) is 21.9. The molecule has 0 radical (unpaired) electrons. The van der Waals surface area contributed by atoms with Gasteiger partial charge in [0.2, 0.25) is 0 Å². The number of nitrogens with one attached hydrogen (secondary N) is 1. The highest BCUT2D eigenvalue weighted by atomic mass is 35.5. The molecular weight excluding hydrogens is 431 g/mol. The summed E-state index contributed by atoms with van der Waals surface area (Å²) in [6.07, 6.45) is 0. The van der Waals surface area contributed by atoms with E-state index in [1.807, 2.05) is 42.5 Å². The van der Waals surface area contributed by atoms with Crippen LogP contribution in [0.3, 0.4) is 0 Å². The molecule has 7 heteroatoms. The van der Waals surface area contributed by atoms with E-state index in [-0.39, 0.29) is 18.1 Å². The van der Waals surface area contributed by atoms with Crippen molar-refractivity contribution >= 4 is 28.5 Å². The molecule has 3 aromatic carbocycles. The number of ether oxygens (including phenoxy) is 1. The van der Waals surface area contributed by atoms with E-state index >= 15 is 0 Å². The molecule has 0 saturated heterocycles.